The Balaban J connectivity index is 1.43. The molecule has 0 bridgehead atoms. The van der Waals surface area contributed by atoms with E-state index in [4.69, 9.17) is 10.5 Å². The number of hydrogen-bond acceptors (Lipinski definition) is 5. The van der Waals surface area contributed by atoms with Crippen molar-refractivity contribution in [3.05, 3.63) is 72.8 Å². The molecule has 1 heterocycles. The highest BCUT2D eigenvalue weighted by Crippen LogP contribution is 2.31. The van der Waals surface area contributed by atoms with E-state index >= 15 is 0 Å². The molecule has 0 amide bonds. The number of nitrogens with one attached hydrogen (secondary N) is 1. The van der Waals surface area contributed by atoms with Gasteiger partial charge in [0, 0.05) is 11.4 Å². The summed E-state index contributed by atoms with van der Waals surface area (Å²) >= 11 is 0. The number of ether oxygens (including phenoxy) is 1. The molecule has 1 saturated carbocycles. The number of nitrogens with two attached hydrogens (primary N) is 1. The zero-order valence-electron chi connectivity index (χ0n) is 17.4. The summed E-state index contributed by atoms with van der Waals surface area (Å²) < 4.78 is 5.91. The smallest absolute Gasteiger partial charge is 0.222 e. The van der Waals surface area contributed by atoms with Crippen LogP contribution < -0.4 is 15.8 Å². The van der Waals surface area contributed by atoms with Crippen LogP contribution in [0.2, 0.25) is 0 Å². The Morgan fingerprint density at radius 2 is 1.48 bits per heavy atom. The van der Waals surface area contributed by atoms with Crippen LogP contribution in [0, 0.1) is 0 Å². The molecule has 1 aromatic heterocycles. The molecule has 0 saturated heterocycles. The van der Waals surface area contributed by atoms with Crippen molar-refractivity contribution in [3.63, 3.8) is 0 Å². The molecule has 31 heavy (non-hydrogen) atoms. The predicted octanol–water partition coefficient (Wildman–Crippen LogP) is 6.42. The predicted molar refractivity (Wildman–Crippen MR) is 126 cm³/mol. The van der Waals surface area contributed by atoms with E-state index in [9.17, 15) is 0 Å². The second kappa shape index (κ2) is 8.64. The Labute approximate surface area is 182 Å². The van der Waals surface area contributed by atoms with Crippen LogP contribution in [0.5, 0.6) is 11.5 Å². The minimum atomic E-state index is 0.306. The summed E-state index contributed by atoms with van der Waals surface area (Å²) in [6, 6.07) is 24.6. The lowest BCUT2D eigenvalue weighted by molar-refractivity contribution is 0.462. The average molecular weight is 411 g/mol. The minimum Gasteiger partial charge on any atom is -0.457 e. The fourth-order valence-corrected chi connectivity index (χ4v) is 4.22. The summed E-state index contributed by atoms with van der Waals surface area (Å²) in [5, 5.41) is 4.63. The Morgan fingerprint density at radius 3 is 2.26 bits per heavy atom. The summed E-state index contributed by atoms with van der Waals surface area (Å²) in [6.07, 6.45) is 6.19. The third-order valence-corrected chi connectivity index (χ3v) is 5.83. The molecule has 1 aliphatic carbocycles. The van der Waals surface area contributed by atoms with E-state index in [-0.39, 0.29) is 0 Å². The Hall–Kier alpha value is -3.60. The van der Waals surface area contributed by atoms with Gasteiger partial charge in [-0.25, -0.2) is 4.98 Å². The normalized spacial score (nSPS) is 14.5. The first-order valence-electron chi connectivity index (χ1n) is 10.9. The molecule has 0 unspecified atom stereocenters. The molecule has 156 valence electrons. The first-order valence-corrected chi connectivity index (χ1v) is 10.9. The maximum Gasteiger partial charge on any atom is 0.222 e. The molecule has 3 N–H and O–H groups in total. The van der Waals surface area contributed by atoms with Crippen molar-refractivity contribution < 1.29 is 4.74 Å². The van der Waals surface area contributed by atoms with Gasteiger partial charge in [-0.05, 0) is 60.4 Å². The number of aromatic nitrogens is 2. The van der Waals surface area contributed by atoms with Gasteiger partial charge in [0.1, 0.15) is 17.3 Å². The highest BCUT2D eigenvalue weighted by molar-refractivity contribution is 5.93. The van der Waals surface area contributed by atoms with Crippen LogP contribution in [-0.2, 0) is 0 Å². The van der Waals surface area contributed by atoms with E-state index in [0.29, 0.717) is 12.0 Å². The summed E-state index contributed by atoms with van der Waals surface area (Å²) in [5.41, 5.74) is 9.07. The highest BCUT2D eigenvalue weighted by Gasteiger charge is 2.16. The number of hydrogen-bond donors (Lipinski definition) is 2. The van der Waals surface area contributed by atoms with Gasteiger partial charge in [-0.2, -0.15) is 4.98 Å². The third kappa shape index (κ3) is 4.45. The fourth-order valence-electron chi connectivity index (χ4n) is 4.22. The molecular formula is C26H26N4O. The van der Waals surface area contributed by atoms with Gasteiger partial charge in [-0.1, -0.05) is 55.7 Å². The van der Waals surface area contributed by atoms with E-state index in [1.807, 2.05) is 48.5 Å². The molecule has 5 rings (SSSR count). The van der Waals surface area contributed by atoms with Crippen LogP contribution in [0.3, 0.4) is 0 Å². The molecule has 4 aromatic rings. The number of para-hydroxylation sites is 1. The van der Waals surface area contributed by atoms with Crippen LogP contribution in [0.15, 0.2) is 72.8 Å². The molecule has 5 heteroatoms. The summed E-state index contributed by atoms with van der Waals surface area (Å²) in [5.74, 6) is 2.78. The van der Waals surface area contributed by atoms with Gasteiger partial charge in [0.15, 0.2) is 0 Å². The molecule has 5 nitrogen and oxygen atoms in total. The topological polar surface area (TPSA) is 73.1 Å². The second-order valence-corrected chi connectivity index (χ2v) is 8.08. The van der Waals surface area contributed by atoms with Crippen molar-refractivity contribution in [1.29, 1.82) is 0 Å². The van der Waals surface area contributed by atoms with Crippen LogP contribution >= 0.6 is 0 Å². The van der Waals surface area contributed by atoms with Crippen molar-refractivity contribution in [2.45, 2.75) is 38.1 Å². The van der Waals surface area contributed by atoms with Gasteiger partial charge in [-0.3, -0.25) is 0 Å². The van der Waals surface area contributed by atoms with Gasteiger partial charge < -0.3 is 15.8 Å². The summed E-state index contributed by atoms with van der Waals surface area (Å²) in [7, 11) is 0. The zero-order chi connectivity index (χ0) is 21.0. The van der Waals surface area contributed by atoms with Crippen molar-refractivity contribution in [2.75, 3.05) is 11.1 Å². The molecule has 0 aliphatic heterocycles. The second-order valence-electron chi connectivity index (χ2n) is 8.08. The Kier molecular flexibility index (Phi) is 5.40. The molecule has 0 spiro atoms. The standard InChI is InChI=1S/C26H26N4O/c27-26-29-24-16-13-19(17-23(24)25(30-26)28-20-7-3-1-4-8-20)18-11-14-22(15-12-18)31-21-9-5-2-6-10-21/h2,5-6,9-17,20H,1,3-4,7-8H2,(H3,27,28,29,30). The molecule has 3 aromatic carbocycles. The lowest BCUT2D eigenvalue weighted by atomic mass is 9.95. The first-order chi connectivity index (χ1) is 15.2. The first kappa shape index (κ1) is 19.4. The molecule has 1 fully saturated rings. The molecule has 1 aliphatic rings. The zero-order valence-corrected chi connectivity index (χ0v) is 17.4. The lowest BCUT2D eigenvalue weighted by Crippen LogP contribution is -2.23. The van der Waals surface area contributed by atoms with Gasteiger partial charge in [-0.15, -0.1) is 0 Å². The maximum atomic E-state index is 5.98. The molecular weight excluding hydrogens is 384 g/mol. The van der Waals surface area contributed by atoms with Gasteiger partial charge >= 0.3 is 0 Å². The molecule has 0 atom stereocenters. The number of nitrogen functional groups attached to an aromatic ring is 1. The van der Waals surface area contributed by atoms with Crippen LogP contribution in [0.1, 0.15) is 32.1 Å². The quantitative estimate of drug-likeness (QED) is 0.397. The Bertz CT molecular complexity index is 1170. The van der Waals surface area contributed by atoms with Crippen molar-refractivity contribution in [1.82, 2.24) is 9.97 Å². The maximum absolute atomic E-state index is 5.98. The van der Waals surface area contributed by atoms with E-state index in [0.717, 1.165) is 39.3 Å². The SMILES string of the molecule is Nc1nc(NC2CCCCC2)c2cc(-c3ccc(Oc4ccccc4)cc3)ccc2n1. The average Bonchev–Trinajstić information content (AvgIpc) is 2.81. The third-order valence-electron chi connectivity index (χ3n) is 5.83. The summed E-state index contributed by atoms with van der Waals surface area (Å²) in [6.45, 7) is 0. The van der Waals surface area contributed by atoms with Gasteiger partial charge in [0.2, 0.25) is 5.95 Å². The fraction of sp³-hybridized carbons (Fsp3) is 0.231. The van der Waals surface area contributed by atoms with E-state index in [1.165, 1.54) is 32.1 Å². The largest absolute Gasteiger partial charge is 0.457 e. The number of nitrogens with zero attached hydrogens (tertiary/aromatic N) is 2. The van der Waals surface area contributed by atoms with E-state index in [2.05, 4.69) is 39.6 Å². The number of benzene rings is 3. The minimum absolute atomic E-state index is 0.306. The van der Waals surface area contributed by atoms with Crippen molar-refractivity contribution in [3.8, 4) is 22.6 Å². The lowest BCUT2D eigenvalue weighted by Gasteiger charge is -2.24. The van der Waals surface area contributed by atoms with Gasteiger partial charge in [0.05, 0.1) is 5.52 Å². The van der Waals surface area contributed by atoms with Crippen molar-refractivity contribution in [2.24, 2.45) is 0 Å². The number of anilines is 2. The molecule has 0 radical (unpaired) electrons. The van der Waals surface area contributed by atoms with E-state index < -0.39 is 0 Å². The van der Waals surface area contributed by atoms with Crippen molar-refractivity contribution >= 4 is 22.7 Å². The number of fused-ring (bicyclic) bond motifs is 1. The monoisotopic (exact) mass is 410 g/mol. The highest BCUT2D eigenvalue weighted by atomic mass is 16.5. The van der Waals surface area contributed by atoms with Gasteiger partial charge in [0.25, 0.3) is 0 Å². The van der Waals surface area contributed by atoms with Crippen LogP contribution in [0.4, 0.5) is 11.8 Å². The van der Waals surface area contributed by atoms with Crippen LogP contribution in [-0.4, -0.2) is 16.0 Å². The number of rotatable bonds is 5. The summed E-state index contributed by atoms with van der Waals surface area (Å²) in [4.78, 5) is 8.96. The Morgan fingerprint density at radius 1 is 0.774 bits per heavy atom. The van der Waals surface area contributed by atoms with Crippen LogP contribution in [0.25, 0.3) is 22.0 Å². The van der Waals surface area contributed by atoms with E-state index in [1.54, 1.807) is 0 Å².